The van der Waals surface area contributed by atoms with E-state index in [4.69, 9.17) is 4.74 Å². The zero-order valence-corrected chi connectivity index (χ0v) is 24.7. The molecule has 4 unspecified atom stereocenters. The Morgan fingerprint density at radius 2 is 1.89 bits per heavy atom. The lowest BCUT2D eigenvalue weighted by Gasteiger charge is -2.37. The molecule has 5 atom stereocenters. The molecule has 0 aromatic heterocycles. The maximum absolute atomic E-state index is 13.6. The van der Waals surface area contributed by atoms with Crippen LogP contribution >= 0.6 is 9.24 Å². The third-order valence-electron chi connectivity index (χ3n) is 6.68. The quantitative estimate of drug-likeness (QED) is 0.346. The molecule has 3 rings (SSSR count). The lowest BCUT2D eigenvalue weighted by atomic mass is 9.90. The minimum absolute atomic E-state index is 0.000327. The summed E-state index contributed by atoms with van der Waals surface area (Å²) in [4.78, 5) is 24.7. The van der Waals surface area contributed by atoms with E-state index in [2.05, 4.69) is 21.1 Å². The predicted molar refractivity (Wildman–Crippen MR) is 156 cm³/mol. The van der Waals surface area contributed by atoms with Crippen molar-refractivity contribution < 1.29 is 18.5 Å². The summed E-state index contributed by atoms with van der Waals surface area (Å²) in [6.45, 7) is 8.35. The number of likely N-dealkylation sites (N-methyl/N-ethyl adjacent to an activating group) is 2. The van der Waals surface area contributed by atoms with Gasteiger partial charge in [0.2, 0.25) is 0 Å². The average molecular weight is 548 g/mol. The molecule has 9 heteroatoms. The van der Waals surface area contributed by atoms with Crippen molar-refractivity contribution in [2.75, 3.05) is 27.7 Å². The number of hydrogen-bond acceptors (Lipinski definition) is 5. The van der Waals surface area contributed by atoms with E-state index in [0.29, 0.717) is 17.9 Å². The minimum Gasteiger partial charge on any atom is -0.486 e. The van der Waals surface area contributed by atoms with E-state index < -0.39 is 11.0 Å². The van der Waals surface area contributed by atoms with Crippen molar-refractivity contribution in [3.63, 3.8) is 0 Å². The van der Waals surface area contributed by atoms with Gasteiger partial charge >= 0.3 is 0 Å². The number of ether oxygens (including phenoxy) is 1. The van der Waals surface area contributed by atoms with Gasteiger partial charge in [-0.2, -0.15) is 0 Å². The molecule has 0 fully saturated rings. The van der Waals surface area contributed by atoms with Crippen molar-refractivity contribution >= 4 is 32.4 Å². The van der Waals surface area contributed by atoms with Gasteiger partial charge in [-0.05, 0) is 67.3 Å². The number of hydrogen-bond donors (Lipinski definition) is 1. The van der Waals surface area contributed by atoms with Crippen LogP contribution in [-0.4, -0.2) is 70.7 Å². The van der Waals surface area contributed by atoms with Crippen molar-refractivity contribution in [1.82, 2.24) is 14.5 Å². The monoisotopic (exact) mass is 547 g/mol. The van der Waals surface area contributed by atoms with Gasteiger partial charge in [-0.15, -0.1) is 9.24 Å². The maximum atomic E-state index is 13.6. The van der Waals surface area contributed by atoms with Crippen LogP contribution in [0.2, 0.25) is 0 Å². The fourth-order valence-corrected chi connectivity index (χ4v) is 6.84. The second-order valence-electron chi connectivity index (χ2n) is 8.88. The van der Waals surface area contributed by atoms with Crippen LogP contribution in [0.1, 0.15) is 56.3 Å². The molecular weight excluding hydrogens is 505 g/mol. The molecule has 2 aliphatic rings. The molecule has 204 valence electrons. The van der Waals surface area contributed by atoms with Gasteiger partial charge in [0.15, 0.2) is 0 Å². The van der Waals surface area contributed by atoms with E-state index in [1.165, 1.54) is 0 Å². The highest BCUT2D eigenvalue weighted by Gasteiger charge is 2.33. The highest BCUT2D eigenvalue weighted by atomic mass is 32.2. The van der Waals surface area contributed by atoms with Gasteiger partial charge in [0.25, 0.3) is 5.91 Å². The fraction of sp³-hybridized carbons (Fsp3) is 0.500. The van der Waals surface area contributed by atoms with E-state index in [9.17, 15) is 13.8 Å². The Kier molecular flexibility index (Phi) is 12.7. The molecule has 2 aliphatic carbocycles. The maximum Gasteiger partial charge on any atom is 0.251 e. The van der Waals surface area contributed by atoms with Crippen LogP contribution in [0.15, 0.2) is 59.6 Å². The standard InChI is InChI=1S/C26H36N3O4PS.C2H6/c1-5-21-22(28(3)15-16-30)7-6-8-23(21)29(4)35(32)20-13-14-24(25(34)17-20)33-19-11-9-18(10-12-19)26(31)27-2;1-2/h5,9-12,16-17,20,23-24H,1,6-8,13-15,34H2,2-4H3,(H,27,31);1-2H3/t20?,23-,24?,35?;/m1./s1. The summed E-state index contributed by atoms with van der Waals surface area (Å²) in [5.74, 6) is 0.563. The Labute approximate surface area is 227 Å². The molecule has 1 N–H and O–H groups in total. The molecule has 1 aromatic carbocycles. The molecule has 0 aliphatic heterocycles. The van der Waals surface area contributed by atoms with E-state index in [1.54, 1.807) is 31.3 Å². The number of aldehydes is 1. The first kappa shape index (κ1) is 30.9. The van der Waals surface area contributed by atoms with Crippen LogP contribution in [0.5, 0.6) is 5.75 Å². The molecule has 0 spiro atoms. The van der Waals surface area contributed by atoms with Crippen LogP contribution in [0.3, 0.4) is 0 Å². The van der Waals surface area contributed by atoms with E-state index in [1.807, 2.05) is 49.3 Å². The average Bonchev–Trinajstić information content (AvgIpc) is 2.94. The molecule has 37 heavy (non-hydrogen) atoms. The Hall–Kier alpha value is -2.28. The summed E-state index contributed by atoms with van der Waals surface area (Å²) < 4.78 is 21.7. The second-order valence-corrected chi connectivity index (χ2v) is 11.3. The Morgan fingerprint density at radius 3 is 2.46 bits per heavy atom. The first-order valence-corrected chi connectivity index (χ1v) is 14.6. The predicted octanol–water partition coefficient (Wildman–Crippen LogP) is 4.46. The van der Waals surface area contributed by atoms with Crippen molar-refractivity contribution in [3.8, 4) is 5.75 Å². The number of nitrogens with one attached hydrogen (secondary N) is 1. The SMILES string of the molecule is C=CC1=C(N(C)CC=O)CCC[C@H]1N(C)S(=O)C1C=C(P)C(Oc2ccc(C(=O)NC)cc2)CC1.CC. The lowest BCUT2D eigenvalue weighted by molar-refractivity contribution is -0.108. The number of amides is 1. The molecule has 0 heterocycles. The van der Waals surface area contributed by atoms with Gasteiger partial charge in [0.05, 0.1) is 11.8 Å². The summed E-state index contributed by atoms with van der Waals surface area (Å²) >= 11 is 0. The van der Waals surface area contributed by atoms with Crippen molar-refractivity contribution in [2.45, 2.75) is 63.3 Å². The zero-order chi connectivity index (χ0) is 27.5. The normalized spacial score (nSPS) is 22.2. The number of allylic oxidation sites excluding steroid dienone is 1. The van der Waals surface area contributed by atoms with E-state index in [-0.39, 0.29) is 23.3 Å². The molecule has 0 saturated heterocycles. The van der Waals surface area contributed by atoms with Gasteiger partial charge in [-0.3, -0.25) is 4.79 Å². The van der Waals surface area contributed by atoms with E-state index in [0.717, 1.165) is 55.0 Å². The largest absolute Gasteiger partial charge is 0.486 e. The minimum atomic E-state index is -1.22. The van der Waals surface area contributed by atoms with Crippen molar-refractivity contribution in [1.29, 1.82) is 0 Å². The number of carbonyl (C=O) groups is 2. The number of carbonyl (C=O) groups excluding carboxylic acids is 2. The highest BCUT2D eigenvalue weighted by molar-refractivity contribution is 7.83. The first-order valence-electron chi connectivity index (χ1n) is 12.9. The number of rotatable bonds is 10. The van der Waals surface area contributed by atoms with Gasteiger partial charge in [0, 0.05) is 38.4 Å². The first-order chi connectivity index (χ1) is 17.8. The Bertz CT molecular complexity index is 1020. The van der Waals surface area contributed by atoms with Gasteiger partial charge < -0.3 is 19.7 Å². The number of benzene rings is 1. The van der Waals surface area contributed by atoms with E-state index >= 15 is 0 Å². The van der Waals surface area contributed by atoms with Crippen LogP contribution in [0.25, 0.3) is 0 Å². The van der Waals surface area contributed by atoms with Crippen molar-refractivity contribution in [3.05, 3.63) is 65.1 Å². The molecule has 7 nitrogen and oxygen atoms in total. The van der Waals surface area contributed by atoms with Gasteiger partial charge in [0.1, 0.15) is 29.1 Å². The Balaban J connectivity index is 0.00000235. The number of nitrogens with zero attached hydrogens (tertiary/aromatic N) is 2. The fourth-order valence-electron chi connectivity index (χ4n) is 4.73. The van der Waals surface area contributed by atoms with Crippen LogP contribution < -0.4 is 10.1 Å². The molecule has 1 aromatic rings. The molecular formula is C28H42N3O4PS. The highest BCUT2D eigenvalue weighted by Crippen LogP contribution is 2.34. The van der Waals surface area contributed by atoms with Crippen LogP contribution in [-0.2, 0) is 15.8 Å². The molecule has 1 amide bonds. The van der Waals surface area contributed by atoms with Crippen LogP contribution in [0.4, 0.5) is 0 Å². The molecule has 0 saturated carbocycles. The van der Waals surface area contributed by atoms with Crippen molar-refractivity contribution in [2.24, 2.45) is 0 Å². The summed E-state index contributed by atoms with van der Waals surface area (Å²) in [6, 6.07) is 7.08. The molecule has 0 bridgehead atoms. The lowest BCUT2D eigenvalue weighted by Crippen LogP contribution is -2.42. The third-order valence-corrected chi connectivity index (χ3v) is 8.96. The summed E-state index contributed by atoms with van der Waals surface area (Å²) in [6.07, 6.45) is 8.95. The second kappa shape index (κ2) is 15.2. The van der Waals surface area contributed by atoms with Crippen LogP contribution in [0, 0.1) is 0 Å². The van der Waals surface area contributed by atoms with Gasteiger partial charge in [-0.1, -0.05) is 32.6 Å². The van der Waals surface area contributed by atoms with Gasteiger partial charge in [-0.25, -0.2) is 8.51 Å². The summed E-state index contributed by atoms with van der Waals surface area (Å²) in [5, 5.41) is 3.48. The summed E-state index contributed by atoms with van der Waals surface area (Å²) in [7, 11) is 6.96. The topological polar surface area (TPSA) is 79.0 Å². The molecule has 0 radical (unpaired) electrons. The third kappa shape index (κ3) is 7.86. The smallest absolute Gasteiger partial charge is 0.251 e. The summed E-state index contributed by atoms with van der Waals surface area (Å²) in [5.41, 5.74) is 2.75. The zero-order valence-electron chi connectivity index (χ0n) is 22.7. The Morgan fingerprint density at radius 1 is 1.22 bits per heavy atom.